The first-order chi connectivity index (χ1) is 8.74. The third-order valence-electron chi connectivity index (χ3n) is 3.83. The van der Waals surface area contributed by atoms with Crippen molar-refractivity contribution in [3.8, 4) is 0 Å². The summed E-state index contributed by atoms with van der Waals surface area (Å²) in [5.74, 6) is 0.949. The van der Waals surface area contributed by atoms with E-state index in [1.807, 2.05) is 0 Å². The highest BCUT2D eigenvalue weighted by atomic mass is 15.1. The number of anilines is 1. The molecule has 2 rings (SSSR count). The van der Waals surface area contributed by atoms with Gasteiger partial charge in [0.1, 0.15) is 0 Å². The van der Waals surface area contributed by atoms with E-state index in [0.717, 1.165) is 19.0 Å². The van der Waals surface area contributed by atoms with Gasteiger partial charge in [-0.1, -0.05) is 19.1 Å². The molecule has 1 atom stereocenters. The Hall–Kier alpha value is -1.02. The van der Waals surface area contributed by atoms with Crippen molar-refractivity contribution < 1.29 is 0 Å². The number of hydrogen-bond donors (Lipinski definition) is 1. The minimum Gasteiger partial charge on any atom is -0.372 e. The van der Waals surface area contributed by atoms with E-state index < -0.39 is 0 Å². The third-order valence-corrected chi connectivity index (χ3v) is 3.83. The molecule has 18 heavy (non-hydrogen) atoms. The summed E-state index contributed by atoms with van der Waals surface area (Å²) < 4.78 is 0. The van der Waals surface area contributed by atoms with Crippen LogP contribution in [0.2, 0.25) is 0 Å². The summed E-state index contributed by atoms with van der Waals surface area (Å²) in [6.07, 6.45) is 2.85. The molecule has 0 spiro atoms. The van der Waals surface area contributed by atoms with Crippen molar-refractivity contribution in [2.24, 2.45) is 5.92 Å². The van der Waals surface area contributed by atoms with Gasteiger partial charge in [-0.15, -0.1) is 0 Å². The van der Waals surface area contributed by atoms with Crippen molar-refractivity contribution in [2.75, 3.05) is 24.5 Å². The van der Waals surface area contributed by atoms with Gasteiger partial charge in [0.05, 0.1) is 0 Å². The van der Waals surface area contributed by atoms with Crippen LogP contribution in [0.1, 0.15) is 45.2 Å². The lowest BCUT2D eigenvalue weighted by atomic mass is 10.1. The van der Waals surface area contributed by atoms with Gasteiger partial charge >= 0.3 is 0 Å². The van der Waals surface area contributed by atoms with Crippen LogP contribution in [0, 0.1) is 5.92 Å². The average Bonchev–Trinajstić information content (AvgIpc) is 3.20. The molecular formula is C16H26N2. The van der Waals surface area contributed by atoms with Crippen molar-refractivity contribution in [2.45, 2.75) is 39.7 Å². The number of benzene rings is 1. The molecule has 2 nitrogen and oxygen atoms in total. The van der Waals surface area contributed by atoms with E-state index in [9.17, 15) is 0 Å². The average molecular weight is 246 g/mol. The molecule has 0 amide bonds. The maximum Gasteiger partial charge on any atom is 0.0366 e. The van der Waals surface area contributed by atoms with Crippen LogP contribution in [0.4, 0.5) is 5.69 Å². The summed E-state index contributed by atoms with van der Waals surface area (Å²) in [6, 6.07) is 9.52. The predicted octanol–water partition coefficient (Wildman–Crippen LogP) is 3.59. The Morgan fingerprint density at radius 2 is 1.89 bits per heavy atom. The molecule has 1 aromatic carbocycles. The van der Waals surface area contributed by atoms with Crippen LogP contribution in [0.5, 0.6) is 0 Å². The van der Waals surface area contributed by atoms with E-state index in [4.69, 9.17) is 0 Å². The zero-order valence-corrected chi connectivity index (χ0v) is 11.9. The van der Waals surface area contributed by atoms with E-state index in [1.165, 1.54) is 30.6 Å². The van der Waals surface area contributed by atoms with Crippen molar-refractivity contribution >= 4 is 5.69 Å². The Morgan fingerprint density at radius 3 is 2.39 bits per heavy atom. The first kappa shape index (κ1) is 13.4. The molecule has 100 valence electrons. The second kappa shape index (κ2) is 6.24. The molecule has 1 aliphatic carbocycles. The first-order valence-electron chi connectivity index (χ1n) is 7.32. The zero-order chi connectivity index (χ0) is 13.0. The number of nitrogens with one attached hydrogen (secondary N) is 1. The minimum atomic E-state index is 0.447. The molecule has 1 N–H and O–H groups in total. The highest BCUT2D eigenvalue weighted by Gasteiger charge is 2.23. The standard InChI is InChI=1S/C16H26N2/c1-4-17-13(3)15-8-10-16(11-9-15)18(5-2)12-14-6-7-14/h8-11,13-14,17H,4-7,12H2,1-3H3. The fourth-order valence-electron chi connectivity index (χ4n) is 2.43. The van der Waals surface area contributed by atoms with Crippen LogP contribution in [-0.4, -0.2) is 19.6 Å². The summed E-state index contributed by atoms with van der Waals surface area (Å²) in [7, 11) is 0. The number of rotatable bonds is 7. The van der Waals surface area contributed by atoms with E-state index in [-0.39, 0.29) is 0 Å². The Balaban J connectivity index is 2.00. The summed E-state index contributed by atoms with van der Waals surface area (Å²) in [4.78, 5) is 2.50. The zero-order valence-electron chi connectivity index (χ0n) is 11.9. The Morgan fingerprint density at radius 1 is 1.22 bits per heavy atom. The topological polar surface area (TPSA) is 15.3 Å². The second-order valence-electron chi connectivity index (χ2n) is 5.35. The van der Waals surface area contributed by atoms with Gasteiger partial charge in [-0.25, -0.2) is 0 Å². The maximum atomic E-state index is 3.45. The van der Waals surface area contributed by atoms with Crippen molar-refractivity contribution in [3.63, 3.8) is 0 Å². The van der Waals surface area contributed by atoms with Crippen molar-refractivity contribution in [3.05, 3.63) is 29.8 Å². The molecule has 0 saturated heterocycles. The second-order valence-corrected chi connectivity index (χ2v) is 5.35. The molecule has 0 radical (unpaired) electrons. The molecule has 0 heterocycles. The smallest absolute Gasteiger partial charge is 0.0366 e. The fraction of sp³-hybridized carbons (Fsp3) is 0.625. The molecule has 1 fully saturated rings. The number of hydrogen-bond acceptors (Lipinski definition) is 2. The lowest BCUT2D eigenvalue weighted by Gasteiger charge is -2.23. The summed E-state index contributed by atoms with van der Waals surface area (Å²) >= 11 is 0. The lowest BCUT2D eigenvalue weighted by molar-refractivity contribution is 0.598. The van der Waals surface area contributed by atoms with Crippen LogP contribution in [-0.2, 0) is 0 Å². The minimum absolute atomic E-state index is 0.447. The van der Waals surface area contributed by atoms with Crippen LogP contribution in [0.3, 0.4) is 0 Å². The van der Waals surface area contributed by atoms with Crippen molar-refractivity contribution in [1.29, 1.82) is 0 Å². The fourth-order valence-corrected chi connectivity index (χ4v) is 2.43. The molecule has 1 unspecified atom stereocenters. The molecule has 0 aromatic heterocycles. The predicted molar refractivity (Wildman–Crippen MR) is 79.1 cm³/mol. The SMILES string of the molecule is CCNC(C)c1ccc(N(CC)CC2CC2)cc1. The molecule has 0 bridgehead atoms. The molecular weight excluding hydrogens is 220 g/mol. The normalized spacial score (nSPS) is 16.6. The van der Waals surface area contributed by atoms with Gasteiger partial charge in [-0.05, 0) is 56.8 Å². The van der Waals surface area contributed by atoms with Gasteiger partial charge < -0.3 is 10.2 Å². The largest absolute Gasteiger partial charge is 0.372 e. The van der Waals surface area contributed by atoms with Crippen LogP contribution in [0.25, 0.3) is 0 Å². The van der Waals surface area contributed by atoms with E-state index in [1.54, 1.807) is 0 Å². The van der Waals surface area contributed by atoms with Gasteiger partial charge in [0.25, 0.3) is 0 Å². The number of nitrogens with zero attached hydrogens (tertiary/aromatic N) is 1. The highest BCUT2D eigenvalue weighted by Crippen LogP contribution is 2.31. The molecule has 0 aliphatic heterocycles. The van der Waals surface area contributed by atoms with Gasteiger partial charge in [0.2, 0.25) is 0 Å². The van der Waals surface area contributed by atoms with Crippen LogP contribution >= 0.6 is 0 Å². The Bertz CT molecular complexity index is 354. The van der Waals surface area contributed by atoms with Gasteiger partial charge in [0, 0.05) is 24.8 Å². The Kier molecular flexibility index (Phi) is 4.65. The van der Waals surface area contributed by atoms with E-state index in [0.29, 0.717) is 6.04 Å². The van der Waals surface area contributed by atoms with Gasteiger partial charge in [-0.2, -0.15) is 0 Å². The molecule has 1 aliphatic rings. The van der Waals surface area contributed by atoms with Crippen molar-refractivity contribution in [1.82, 2.24) is 5.32 Å². The first-order valence-corrected chi connectivity index (χ1v) is 7.32. The van der Waals surface area contributed by atoms with Gasteiger partial charge in [0.15, 0.2) is 0 Å². The van der Waals surface area contributed by atoms with Crippen LogP contribution < -0.4 is 10.2 Å². The van der Waals surface area contributed by atoms with Gasteiger partial charge in [-0.3, -0.25) is 0 Å². The van der Waals surface area contributed by atoms with Crippen LogP contribution in [0.15, 0.2) is 24.3 Å². The molecule has 2 heteroatoms. The molecule has 1 saturated carbocycles. The lowest BCUT2D eigenvalue weighted by Crippen LogP contribution is -2.25. The van der Waals surface area contributed by atoms with E-state index in [2.05, 4.69) is 55.3 Å². The third kappa shape index (κ3) is 3.49. The monoisotopic (exact) mass is 246 g/mol. The summed E-state index contributed by atoms with van der Waals surface area (Å²) in [5, 5.41) is 3.45. The maximum absolute atomic E-state index is 3.45. The quantitative estimate of drug-likeness (QED) is 0.791. The summed E-state index contributed by atoms with van der Waals surface area (Å²) in [5.41, 5.74) is 2.75. The molecule has 1 aromatic rings. The Labute approximate surface area is 111 Å². The van der Waals surface area contributed by atoms with E-state index >= 15 is 0 Å². The summed E-state index contributed by atoms with van der Waals surface area (Å²) in [6.45, 7) is 9.99. The highest BCUT2D eigenvalue weighted by molar-refractivity contribution is 5.48.